The topological polar surface area (TPSA) is 47.9 Å². The van der Waals surface area contributed by atoms with Crippen LogP contribution in [0.5, 0.6) is 0 Å². The molecule has 0 saturated carbocycles. The highest BCUT2D eigenvalue weighted by molar-refractivity contribution is 6.74. The van der Waals surface area contributed by atoms with Crippen LogP contribution >= 0.6 is 0 Å². The van der Waals surface area contributed by atoms with E-state index in [1.54, 1.807) is 0 Å². The predicted molar refractivity (Wildman–Crippen MR) is 178 cm³/mol. The summed E-state index contributed by atoms with van der Waals surface area (Å²) < 4.78 is 19.8. The maximum atomic E-state index is 10.2. The minimum absolute atomic E-state index is 0.0818. The zero-order chi connectivity index (χ0) is 30.9. The van der Waals surface area contributed by atoms with Crippen molar-refractivity contribution in [1.29, 1.82) is 0 Å². The van der Waals surface area contributed by atoms with Gasteiger partial charge in [-0.15, -0.1) is 0 Å². The van der Waals surface area contributed by atoms with E-state index in [0.29, 0.717) is 36.9 Å². The first kappa shape index (κ1) is 37.5. The van der Waals surface area contributed by atoms with Crippen LogP contribution in [0.25, 0.3) is 0 Å². The van der Waals surface area contributed by atoms with Crippen molar-refractivity contribution in [3.63, 3.8) is 0 Å². The highest BCUT2D eigenvalue weighted by Gasteiger charge is 2.41. The molecule has 234 valence electrons. The lowest BCUT2D eigenvalue weighted by Gasteiger charge is -2.41. The zero-order valence-corrected chi connectivity index (χ0v) is 30.8. The van der Waals surface area contributed by atoms with Gasteiger partial charge in [-0.05, 0) is 84.8 Å². The Bertz CT molecular complexity index is 829. The molecule has 0 saturated heterocycles. The predicted octanol–water partition coefficient (Wildman–Crippen LogP) is 9.69. The molecule has 1 aromatic rings. The molecule has 6 heteroatoms. The van der Waals surface area contributed by atoms with Gasteiger partial charge in [-0.25, -0.2) is 0 Å². The summed E-state index contributed by atoms with van der Waals surface area (Å²) in [5.74, 6) is 1.91. The van der Waals surface area contributed by atoms with Gasteiger partial charge in [0.05, 0.1) is 32.0 Å². The number of ether oxygens (including phenoxy) is 1. The van der Waals surface area contributed by atoms with Crippen molar-refractivity contribution < 1.29 is 18.7 Å². The van der Waals surface area contributed by atoms with E-state index >= 15 is 0 Å². The third kappa shape index (κ3) is 12.4. The molecule has 0 aliphatic carbocycles. The van der Waals surface area contributed by atoms with E-state index in [1.165, 1.54) is 12.0 Å². The Hall–Kier alpha value is -0.506. The first-order chi connectivity index (χ1) is 18.2. The van der Waals surface area contributed by atoms with Crippen LogP contribution in [0, 0.1) is 23.7 Å². The van der Waals surface area contributed by atoms with Gasteiger partial charge in [0.2, 0.25) is 0 Å². The van der Waals surface area contributed by atoms with Crippen molar-refractivity contribution in [1.82, 2.24) is 0 Å². The summed E-state index contributed by atoms with van der Waals surface area (Å²) in [6.07, 6.45) is 3.38. The molecule has 0 spiro atoms. The summed E-state index contributed by atoms with van der Waals surface area (Å²) in [6, 6.07) is 10.4. The van der Waals surface area contributed by atoms with Crippen LogP contribution in [0.2, 0.25) is 36.3 Å². The van der Waals surface area contributed by atoms with Crippen LogP contribution in [-0.4, -0.2) is 47.2 Å². The first-order valence-electron chi connectivity index (χ1n) is 15.8. The summed E-state index contributed by atoms with van der Waals surface area (Å²) in [6.45, 7) is 33.7. The molecular formula is C34H66O4Si2. The number of rotatable bonds is 17. The zero-order valence-electron chi connectivity index (χ0n) is 28.8. The van der Waals surface area contributed by atoms with Crippen molar-refractivity contribution in [2.45, 2.75) is 144 Å². The Morgan fingerprint density at radius 1 is 0.675 bits per heavy atom. The lowest BCUT2D eigenvalue weighted by atomic mass is 9.83. The average Bonchev–Trinajstić information content (AvgIpc) is 2.80. The minimum Gasteiger partial charge on any atom is -0.411 e. The lowest BCUT2D eigenvalue weighted by molar-refractivity contribution is 0.00325. The molecule has 4 nitrogen and oxygen atoms in total. The fourth-order valence-electron chi connectivity index (χ4n) is 5.08. The van der Waals surface area contributed by atoms with E-state index in [-0.39, 0.29) is 28.9 Å². The van der Waals surface area contributed by atoms with E-state index in [1.807, 2.05) is 6.07 Å². The summed E-state index contributed by atoms with van der Waals surface area (Å²) in [5, 5.41) is 10.5. The minimum atomic E-state index is -1.93. The molecular weight excluding hydrogens is 529 g/mol. The van der Waals surface area contributed by atoms with Gasteiger partial charge in [0, 0.05) is 0 Å². The molecule has 0 unspecified atom stereocenters. The van der Waals surface area contributed by atoms with Crippen molar-refractivity contribution >= 4 is 16.6 Å². The second-order valence-corrected chi connectivity index (χ2v) is 25.4. The van der Waals surface area contributed by atoms with Crippen LogP contribution in [0.3, 0.4) is 0 Å². The van der Waals surface area contributed by atoms with E-state index in [0.717, 1.165) is 12.8 Å². The number of hydrogen-bond donors (Lipinski definition) is 1. The lowest BCUT2D eigenvalue weighted by Crippen LogP contribution is -2.47. The van der Waals surface area contributed by atoms with Gasteiger partial charge in [-0.1, -0.05) is 99.6 Å². The second-order valence-electron chi connectivity index (χ2n) is 15.9. The van der Waals surface area contributed by atoms with Crippen molar-refractivity contribution in [3.8, 4) is 0 Å². The highest BCUT2D eigenvalue weighted by Crippen LogP contribution is 2.40. The number of hydrogen-bond acceptors (Lipinski definition) is 4. The van der Waals surface area contributed by atoms with Crippen LogP contribution in [0.4, 0.5) is 0 Å². The highest BCUT2D eigenvalue weighted by atomic mass is 28.4. The van der Waals surface area contributed by atoms with Crippen LogP contribution in [0.1, 0.15) is 94.1 Å². The Labute approximate surface area is 251 Å². The Kier molecular flexibility index (Phi) is 14.8. The molecule has 40 heavy (non-hydrogen) atoms. The van der Waals surface area contributed by atoms with E-state index in [2.05, 4.69) is 120 Å². The van der Waals surface area contributed by atoms with Gasteiger partial charge in [0.25, 0.3) is 0 Å². The van der Waals surface area contributed by atoms with Crippen molar-refractivity contribution in [3.05, 3.63) is 35.9 Å². The van der Waals surface area contributed by atoms with Gasteiger partial charge in [-0.2, -0.15) is 0 Å². The number of benzene rings is 1. The normalized spacial score (nSPS) is 18.2. The molecule has 0 aromatic heterocycles. The first-order valence-corrected chi connectivity index (χ1v) is 21.6. The molecule has 0 aliphatic heterocycles. The summed E-state index contributed by atoms with van der Waals surface area (Å²) in [7, 11) is -3.85. The van der Waals surface area contributed by atoms with Gasteiger partial charge in [-0.3, -0.25) is 0 Å². The summed E-state index contributed by atoms with van der Waals surface area (Å²) in [4.78, 5) is 0. The Morgan fingerprint density at radius 2 is 1.10 bits per heavy atom. The van der Waals surface area contributed by atoms with Gasteiger partial charge in [0.15, 0.2) is 16.6 Å². The molecule has 0 radical (unpaired) electrons. The third-order valence-electron chi connectivity index (χ3n) is 9.70. The molecule has 0 aliphatic rings. The van der Waals surface area contributed by atoms with E-state index < -0.39 is 16.6 Å². The standard InChI is InChI=1S/C34H66O4Si2/c1-26(21-28(3)31(23-35)37-39(11,12)33(5,6)7)20-27(2)22-29(4)32(38-40(13,14)34(8,9)10)25-36-24-30-18-16-15-17-19-30/h15-19,26-29,31-32,35H,20-25H2,1-14H3/t26-,27+,28-,29-,31-,32-/m0/s1. The summed E-state index contributed by atoms with van der Waals surface area (Å²) in [5.41, 5.74) is 1.20. The maximum Gasteiger partial charge on any atom is 0.192 e. The van der Waals surface area contributed by atoms with Gasteiger partial charge in [0.1, 0.15) is 0 Å². The second kappa shape index (κ2) is 15.8. The molecule has 0 bridgehead atoms. The Morgan fingerprint density at radius 3 is 1.52 bits per heavy atom. The van der Waals surface area contributed by atoms with Crippen molar-refractivity contribution in [2.75, 3.05) is 13.2 Å². The number of aliphatic hydroxyl groups is 1. The molecule has 1 N–H and O–H groups in total. The van der Waals surface area contributed by atoms with E-state index in [9.17, 15) is 5.11 Å². The fraction of sp³-hybridized carbons (Fsp3) is 0.824. The maximum absolute atomic E-state index is 10.2. The quantitative estimate of drug-likeness (QED) is 0.182. The summed E-state index contributed by atoms with van der Waals surface area (Å²) >= 11 is 0. The third-order valence-corrected chi connectivity index (χ3v) is 18.7. The van der Waals surface area contributed by atoms with Gasteiger partial charge >= 0.3 is 0 Å². The smallest absolute Gasteiger partial charge is 0.192 e. The molecule has 1 aromatic carbocycles. The monoisotopic (exact) mass is 594 g/mol. The van der Waals surface area contributed by atoms with Crippen molar-refractivity contribution in [2.24, 2.45) is 23.7 Å². The van der Waals surface area contributed by atoms with Gasteiger partial charge < -0.3 is 18.7 Å². The van der Waals surface area contributed by atoms with E-state index in [4.69, 9.17) is 13.6 Å². The average molecular weight is 595 g/mol. The van der Waals surface area contributed by atoms with Crippen LogP contribution < -0.4 is 0 Å². The SMILES string of the molecule is C[C@H](C[C@H](C)C[C@H](C)[C@H](CO)O[Si](C)(C)C(C)(C)C)C[C@H](C)[C@H](COCc1ccccc1)O[Si](C)(C)C(C)(C)C. The molecule has 6 atom stereocenters. The fourth-order valence-corrected chi connectivity index (χ4v) is 7.91. The molecule has 0 fully saturated rings. The molecule has 1 rings (SSSR count). The van der Waals surface area contributed by atoms with Crippen LogP contribution in [0.15, 0.2) is 30.3 Å². The van der Waals surface area contributed by atoms with Crippen LogP contribution in [-0.2, 0) is 20.2 Å². The number of aliphatic hydroxyl groups excluding tert-OH is 1. The largest absolute Gasteiger partial charge is 0.411 e. The Balaban J connectivity index is 2.78. The molecule has 0 heterocycles. The molecule has 0 amide bonds.